The zero-order chi connectivity index (χ0) is 20.5. The van der Waals surface area contributed by atoms with Crippen molar-refractivity contribution in [2.75, 3.05) is 4.90 Å². The molecule has 2 aromatic carbocycles. The van der Waals surface area contributed by atoms with Crippen molar-refractivity contribution in [1.29, 1.82) is 0 Å². The van der Waals surface area contributed by atoms with E-state index < -0.39 is 35.1 Å². The Labute approximate surface area is 163 Å². The normalized spacial score (nSPS) is 18.3. The minimum atomic E-state index is -1.08. The zero-order valence-corrected chi connectivity index (χ0v) is 14.8. The monoisotopic (exact) mass is 393 g/mol. The number of rotatable bonds is 3. The van der Waals surface area contributed by atoms with Crippen molar-refractivity contribution in [3.05, 3.63) is 95.3 Å². The first kappa shape index (κ1) is 18.4. The lowest BCUT2D eigenvalue weighted by molar-refractivity contribution is -0.132. The van der Waals surface area contributed by atoms with Crippen LogP contribution in [0.5, 0.6) is 0 Å². The van der Waals surface area contributed by atoms with Gasteiger partial charge in [-0.15, -0.1) is 0 Å². The van der Waals surface area contributed by atoms with Crippen molar-refractivity contribution in [3.8, 4) is 0 Å². The summed E-state index contributed by atoms with van der Waals surface area (Å²) in [6, 6.07) is 10.5. The molecular weight excluding hydrogens is 380 g/mol. The fourth-order valence-electron chi connectivity index (χ4n) is 3.18. The van der Waals surface area contributed by atoms with Crippen LogP contribution in [0.15, 0.2) is 72.6 Å². The topological polar surface area (TPSA) is 83.4 Å². The van der Waals surface area contributed by atoms with Crippen molar-refractivity contribution in [2.24, 2.45) is 0 Å². The number of hydrogen-bond acceptors (Lipinski definition) is 5. The van der Waals surface area contributed by atoms with Crippen molar-refractivity contribution in [2.45, 2.75) is 6.04 Å². The number of benzene rings is 2. The lowest BCUT2D eigenvalue weighted by atomic mass is 9.95. The summed E-state index contributed by atoms with van der Waals surface area (Å²) in [5.74, 6) is -3.42. The Bertz CT molecular complexity index is 1110. The van der Waals surface area contributed by atoms with E-state index in [1.165, 1.54) is 48.8 Å². The summed E-state index contributed by atoms with van der Waals surface area (Å²) in [6.45, 7) is 0. The second-order valence-electron chi connectivity index (χ2n) is 6.28. The summed E-state index contributed by atoms with van der Waals surface area (Å²) < 4.78 is 26.7. The van der Waals surface area contributed by atoms with Gasteiger partial charge in [0.2, 0.25) is 5.95 Å². The fraction of sp³-hybridized carbons (Fsp3) is 0.0476. The van der Waals surface area contributed by atoms with E-state index in [-0.39, 0.29) is 17.1 Å². The molecule has 6 nitrogen and oxygen atoms in total. The molecule has 1 saturated heterocycles. The molecule has 1 aromatic heterocycles. The van der Waals surface area contributed by atoms with Crippen molar-refractivity contribution in [1.82, 2.24) is 9.97 Å². The van der Waals surface area contributed by atoms with Gasteiger partial charge in [0, 0.05) is 18.0 Å². The maximum absolute atomic E-state index is 13.4. The van der Waals surface area contributed by atoms with Gasteiger partial charge in [0.15, 0.2) is 0 Å². The van der Waals surface area contributed by atoms with Crippen LogP contribution in [0.2, 0.25) is 0 Å². The highest BCUT2D eigenvalue weighted by Crippen LogP contribution is 2.40. The second kappa shape index (κ2) is 7.23. The van der Waals surface area contributed by atoms with Crippen molar-refractivity contribution < 1.29 is 23.5 Å². The Hall–Kier alpha value is -3.94. The molecule has 2 heterocycles. The molecule has 0 bridgehead atoms. The molecule has 1 aliphatic heterocycles. The summed E-state index contributed by atoms with van der Waals surface area (Å²) in [4.78, 5) is 34.7. The number of aromatic nitrogens is 2. The van der Waals surface area contributed by atoms with Gasteiger partial charge in [-0.3, -0.25) is 14.5 Å². The van der Waals surface area contributed by atoms with Gasteiger partial charge in [-0.2, -0.15) is 0 Å². The molecule has 1 atom stereocenters. The van der Waals surface area contributed by atoms with E-state index in [0.717, 1.165) is 17.0 Å². The SMILES string of the molecule is O=C1C(=O)N(c2ncccn2)[C@@H](c2ccc(F)cc2)C1=C(O)c1ccc(F)cc1. The maximum Gasteiger partial charge on any atom is 0.302 e. The lowest BCUT2D eigenvalue weighted by Crippen LogP contribution is -2.31. The third-order valence-corrected chi connectivity index (χ3v) is 4.52. The highest BCUT2D eigenvalue weighted by Gasteiger charge is 2.48. The highest BCUT2D eigenvalue weighted by atomic mass is 19.1. The predicted octanol–water partition coefficient (Wildman–Crippen LogP) is 3.38. The van der Waals surface area contributed by atoms with Crippen LogP contribution in [0, 0.1) is 11.6 Å². The number of anilines is 1. The Morgan fingerprint density at radius 1 is 0.897 bits per heavy atom. The molecule has 144 valence electrons. The minimum absolute atomic E-state index is 0.0397. The van der Waals surface area contributed by atoms with E-state index in [4.69, 9.17) is 0 Å². The van der Waals surface area contributed by atoms with Crippen molar-refractivity contribution >= 4 is 23.4 Å². The summed E-state index contributed by atoms with van der Waals surface area (Å²) in [6.07, 6.45) is 2.81. The number of aliphatic hydroxyl groups excluding tert-OH is 1. The van der Waals surface area contributed by atoms with E-state index in [2.05, 4.69) is 9.97 Å². The van der Waals surface area contributed by atoms with E-state index >= 15 is 0 Å². The first-order valence-electron chi connectivity index (χ1n) is 8.57. The van der Waals surface area contributed by atoms with E-state index in [9.17, 15) is 23.5 Å². The van der Waals surface area contributed by atoms with E-state index in [0.29, 0.717) is 5.56 Å². The number of aliphatic hydroxyl groups is 1. The zero-order valence-electron chi connectivity index (χ0n) is 14.8. The predicted molar refractivity (Wildman–Crippen MR) is 99.6 cm³/mol. The standard InChI is InChI=1S/C21H13F2N3O3/c22-14-6-2-12(3-7-14)17-16(18(27)13-4-8-15(23)9-5-13)19(28)20(29)26(17)21-24-10-1-11-25-21/h1-11,17,27H/t17-/m0/s1. The third kappa shape index (κ3) is 3.25. The number of ketones is 1. The molecule has 3 aromatic rings. The van der Waals surface area contributed by atoms with Crippen LogP contribution < -0.4 is 4.90 Å². The molecule has 1 aliphatic rings. The average Bonchev–Trinajstić information content (AvgIpc) is 3.00. The number of nitrogens with zero attached hydrogens (tertiary/aromatic N) is 3. The maximum atomic E-state index is 13.4. The number of carbonyl (C=O) groups is 2. The molecule has 29 heavy (non-hydrogen) atoms. The van der Waals surface area contributed by atoms with Gasteiger partial charge in [-0.1, -0.05) is 12.1 Å². The molecule has 0 radical (unpaired) electrons. The van der Waals surface area contributed by atoms with Gasteiger partial charge in [0.1, 0.15) is 17.4 Å². The quantitative estimate of drug-likeness (QED) is 0.419. The molecule has 0 saturated carbocycles. The fourth-order valence-corrected chi connectivity index (χ4v) is 3.18. The first-order chi connectivity index (χ1) is 14.0. The van der Waals surface area contributed by atoms with Gasteiger partial charge in [0.05, 0.1) is 11.6 Å². The number of carbonyl (C=O) groups excluding carboxylic acids is 2. The van der Waals surface area contributed by atoms with Crippen LogP contribution in [-0.4, -0.2) is 26.8 Å². The van der Waals surface area contributed by atoms with Crippen LogP contribution in [0.1, 0.15) is 17.2 Å². The lowest BCUT2D eigenvalue weighted by Gasteiger charge is -2.23. The van der Waals surface area contributed by atoms with Crippen LogP contribution in [0.3, 0.4) is 0 Å². The minimum Gasteiger partial charge on any atom is -0.507 e. The number of Topliss-reactive ketones (excluding diaryl/α,β-unsaturated/α-hetero) is 1. The summed E-state index contributed by atoms with van der Waals surface area (Å²) in [7, 11) is 0. The van der Waals surface area contributed by atoms with Crippen LogP contribution in [0.25, 0.3) is 5.76 Å². The molecule has 0 unspecified atom stereocenters. The van der Waals surface area contributed by atoms with Gasteiger partial charge >= 0.3 is 5.91 Å². The second-order valence-corrected chi connectivity index (χ2v) is 6.28. The highest BCUT2D eigenvalue weighted by molar-refractivity contribution is 6.51. The molecule has 4 rings (SSSR count). The largest absolute Gasteiger partial charge is 0.507 e. The van der Waals surface area contributed by atoms with Crippen molar-refractivity contribution in [3.63, 3.8) is 0 Å². The first-order valence-corrected chi connectivity index (χ1v) is 8.57. The smallest absolute Gasteiger partial charge is 0.302 e. The van der Waals surface area contributed by atoms with Gasteiger partial charge in [-0.25, -0.2) is 18.7 Å². The van der Waals surface area contributed by atoms with E-state index in [1.54, 1.807) is 6.07 Å². The Morgan fingerprint density at radius 3 is 2.03 bits per heavy atom. The van der Waals surface area contributed by atoms with Crippen LogP contribution >= 0.6 is 0 Å². The molecule has 8 heteroatoms. The summed E-state index contributed by atoms with van der Waals surface area (Å²) in [5, 5.41) is 10.8. The Morgan fingerprint density at radius 2 is 1.45 bits per heavy atom. The summed E-state index contributed by atoms with van der Waals surface area (Å²) >= 11 is 0. The van der Waals surface area contributed by atoms with Gasteiger partial charge < -0.3 is 5.11 Å². The molecule has 1 N–H and O–H groups in total. The number of amides is 1. The third-order valence-electron chi connectivity index (χ3n) is 4.52. The Kier molecular flexibility index (Phi) is 4.59. The average molecular weight is 393 g/mol. The molecule has 0 aliphatic carbocycles. The summed E-state index contributed by atoms with van der Waals surface area (Å²) in [5.41, 5.74) is 0.313. The number of halogens is 2. The van der Waals surface area contributed by atoms with Gasteiger partial charge in [-0.05, 0) is 48.0 Å². The molecule has 0 spiro atoms. The number of hydrogen-bond donors (Lipinski definition) is 1. The Balaban J connectivity index is 1.94. The van der Waals surface area contributed by atoms with E-state index in [1.807, 2.05) is 0 Å². The molecule has 1 amide bonds. The molecule has 1 fully saturated rings. The van der Waals surface area contributed by atoms with Crippen LogP contribution in [0.4, 0.5) is 14.7 Å². The van der Waals surface area contributed by atoms with Crippen LogP contribution in [-0.2, 0) is 9.59 Å². The molecular formula is C21H13F2N3O3. The van der Waals surface area contributed by atoms with Gasteiger partial charge in [0.25, 0.3) is 5.78 Å².